The summed E-state index contributed by atoms with van der Waals surface area (Å²) in [7, 11) is 2.12. The summed E-state index contributed by atoms with van der Waals surface area (Å²) in [5.41, 5.74) is 2.40. The van der Waals surface area contributed by atoms with E-state index in [-0.39, 0.29) is 5.91 Å². The average molecular weight is 352 g/mol. The zero-order valence-corrected chi connectivity index (χ0v) is 15.3. The Kier molecular flexibility index (Phi) is 4.55. The van der Waals surface area contributed by atoms with E-state index in [4.69, 9.17) is 0 Å². The Morgan fingerprint density at radius 2 is 1.88 bits per heavy atom. The van der Waals surface area contributed by atoms with Gasteiger partial charge >= 0.3 is 0 Å². The molecule has 0 aromatic carbocycles. The van der Waals surface area contributed by atoms with Crippen LogP contribution in [0.2, 0.25) is 0 Å². The third-order valence-corrected chi connectivity index (χ3v) is 5.26. The third kappa shape index (κ3) is 3.26. The van der Waals surface area contributed by atoms with Crippen LogP contribution >= 0.6 is 0 Å². The van der Waals surface area contributed by atoms with E-state index in [1.165, 1.54) is 0 Å². The highest BCUT2D eigenvalue weighted by Crippen LogP contribution is 2.27. The number of carbonyl (C=O) groups is 1. The lowest BCUT2D eigenvalue weighted by molar-refractivity contribution is 0.0597. The molecule has 4 rings (SSSR count). The Morgan fingerprint density at radius 1 is 1.12 bits per heavy atom. The summed E-state index contributed by atoms with van der Waals surface area (Å²) in [6.45, 7) is 7.15. The van der Waals surface area contributed by atoms with Crippen LogP contribution in [-0.2, 0) is 0 Å². The lowest BCUT2D eigenvalue weighted by Gasteiger charge is -2.39. The second kappa shape index (κ2) is 6.99. The fourth-order valence-corrected chi connectivity index (χ4v) is 3.44. The monoisotopic (exact) mass is 352 g/mol. The Balaban J connectivity index is 1.41. The number of hydrogen-bond donors (Lipinski definition) is 0. The van der Waals surface area contributed by atoms with Gasteiger partial charge in [0.2, 0.25) is 5.95 Å². The van der Waals surface area contributed by atoms with Gasteiger partial charge in [0.15, 0.2) is 0 Å². The van der Waals surface area contributed by atoms with E-state index in [1.54, 1.807) is 12.4 Å². The molecule has 7 heteroatoms. The maximum atomic E-state index is 12.8. The van der Waals surface area contributed by atoms with Gasteiger partial charge in [0.05, 0.1) is 11.3 Å². The molecule has 136 valence electrons. The number of aryl methyl sites for hydroxylation is 1. The average Bonchev–Trinajstić information content (AvgIpc) is 2.62. The van der Waals surface area contributed by atoms with Gasteiger partial charge in [0.25, 0.3) is 5.91 Å². The van der Waals surface area contributed by atoms with Gasteiger partial charge in [-0.25, -0.2) is 9.97 Å². The van der Waals surface area contributed by atoms with E-state index >= 15 is 0 Å². The van der Waals surface area contributed by atoms with Gasteiger partial charge < -0.3 is 14.7 Å². The Hall–Kier alpha value is -2.54. The predicted molar refractivity (Wildman–Crippen MR) is 99.4 cm³/mol. The highest BCUT2D eigenvalue weighted by atomic mass is 16.2. The van der Waals surface area contributed by atoms with Gasteiger partial charge in [0.1, 0.15) is 0 Å². The van der Waals surface area contributed by atoms with E-state index in [9.17, 15) is 4.79 Å². The summed E-state index contributed by atoms with van der Waals surface area (Å²) < 4.78 is 0. The van der Waals surface area contributed by atoms with Gasteiger partial charge in [-0.3, -0.25) is 9.78 Å². The van der Waals surface area contributed by atoms with Gasteiger partial charge in [-0.15, -0.1) is 0 Å². The fourth-order valence-electron chi connectivity index (χ4n) is 3.44. The van der Waals surface area contributed by atoms with Gasteiger partial charge in [-0.1, -0.05) is 6.07 Å². The number of rotatable bonds is 3. The molecule has 2 aliphatic heterocycles. The zero-order chi connectivity index (χ0) is 18.1. The van der Waals surface area contributed by atoms with Crippen molar-refractivity contribution in [2.24, 2.45) is 0 Å². The number of hydrogen-bond acceptors (Lipinski definition) is 6. The first-order chi connectivity index (χ1) is 12.6. The number of amides is 1. The highest BCUT2D eigenvalue weighted by Gasteiger charge is 2.34. The third-order valence-electron chi connectivity index (χ3n) is 5.26. The van der Waals surface area contributed by atoms with Crippen molar-refractivity contribution in [3.8, 4) is 0 Å². The van der Waals surface area contributed by atoms with Crippen LogP contribution in [0, 0.1) is 6.92 Å². The van der Waals surface area contributed by atoms with Crippen molar-refractivity contribution in [1.29, 1.82) is 0 Å². The standard InChI is InChI=1S/C19H24N6O/c1-14-16(11-21-19(22-14)24-9-7-23(2)8-10-24)18(26)25-12-15(13-25)17-5-3-4-6-20-17/h3-6,11,15H,7-10,12-13H2,1-2H3. The molecule has 0 atom stereocenters. The van der Waals surface area contributed by atoms with E-state index in [0.29, 0.717) is 24.6 Å². The molecule has 0 N–H and O–H groups in total. The molecule has 0 radical (unpaired) electrons. The van der Waals surface area contributed by atoms with Crippen molar-refractivity contribution in [2.75, 3.05) is 51.2 Å². The fraction of sp³-hybridized carbons (Fsp3) is 0.474. The molecule has 2 saturated heterocycles. The topological polar surface area (TPSA) is 65.5 Å². The Labute approximate surface area is 153 Å². The molecule has 2 aliphatic rings. The predicted octanol–water partition coefficient (Wildman–Crippen LogP) is 1.17. The van der Waals surface area contributed by atoms with Crippen LogP contribution in [0.1, 0.15) is 27.7 Å². The normalized spacial score (nSPS) is 18.7. The lowest BCUT2D eigenvalue weighted by Crippen LogP contribution is -2.49. The molecular weight excluding hydrogens is 328 g/mol. The minimum Gasteiger partial charge on any atom is -0.338 e. The molecule has 1 amide bonds. The summed E-state index contributed by atoms with van der Waals surface area (Å²) in [6.07, 6.45) is 3.49. The first kappa shape index (κ1) is 16.9. The van der Waals surface area contributed by atoms with Crippen molar-refractivity contribution in [3.63, 3.8) is 0 Å². The van der Waals surface area contributed by atoms with E-state index < -0.39 is 0 Å². The minimum atomic E-state index is 0.0135. The van der Waals surface area contributed by atoms with Gasteiger partial charge in [-0.05, 0) is 26.1 Å². The molecule has 0 aliphatic carbocycles. The molecule has 0 bridgehead atoms. The largest absolute Gasteiger partial charge is 0.338 e. The number of likely N-dealkylation sites (tertiary alicyclic amines) is 1. The lowest BCUT2D eigenvalue weighted by atomic mass is 9.95. The van der Waals surface area contributed by atoms with Crippen LogP contribution in [-0.4, -0.2) is 77.0 Å². The van der Waals surface area contributed by atoms with E-state index in [2.05, 4.69) is 31.8 Å². The van der Waals surface area contributed by atoms with Crippen molar-refractivity contribution >= 4 is 11.9 Å². The van der Waals surface area contributed by atoms with Gasteiger partial charge in [0, 0.05) is 63.3 Å². The van der Waals surface area contributed by atoms with Crippen molar-refractivity contribution in [3.05, 3.63) is 47.5 Å². The van der Waals surface area contributed by atoms with Crippen molar-refractivity contribution in [1.82, 2.24) is 24.8 Å². The number of carbonyl (C=O) groups excluding carboxylic acids is 1. The molecular formula is C19H24N6O. The number of nitrogens with zero attached hydrogens (tertiary/aromatic N) is 6. The molecule has 0 saturated carbocycles. The van der Waals surface area contributed by atoms with E-state index in [0.717, 1.165) is 43.5 Å². The van der Waals surface area contributed by atoms with Gasteiger partial charge in [-0.2, -0.15) is 0 Å². The molecule has 2 aromatic heterocycles. The number of piperazine rings is 1. The first-order valence-corrected chi connectivity index (χ1v) is 9.09. The van der Waals surface area contributed by atoms with Crippen LogP contribution in [0.15, 0.2) is 30.6 Å². The molecule has 0 unspecified atom stereocenters. The maximum Gasteiger partial charge on any atom is 0.257 e. The maximum absolute atomic E-state index is 12.8. The number of anilines is 1. The smallest absolute Gasteiger partial charge is 0.257 e. The summed E-state index contributed by atoms with van der Waals surface area (Å²) in [6, 6.07) is 5.92. The second-order valence-corrected chi connectivity index (χ2v) is 7.12. The summed E-state index contributed by atoms with van der Waals surface area (Å²) in [5, 5.41) is 0. The highest BCUT2D eigenvalue weighted by molar-refractivity contribution is 5.95. The summed E-state index contributed by atoms with van der Waals surface area (Å²) >= 11 is 0. The van der Waals surface area contributed by atoms with Crippen LogP contribution in [0.25, 0.3) is 0 Å². The van der Waals surface area contributed by atoms with Crippen LogP contribution in [0.5, 0.6) is 0 Å². The van der Waals surface area contributed by atoms with Crippen LogP contribution in [0.3, 0.4) is 0 Å². The van der Waals surface area contributed by atoms with Crippen LogP contribution < -0.4 is 4.90 Å². The molecule has 2 aromatic rings. The van der Waals surface area contributed by atoms with Crippen molar-refractivity contribution in [2.45, 2.75) is 12.8 Å². The Bertz CT molecular complexity index is 782. The number of likely N-dealkylation sites (N-methyl/N-ethyl adjacent to an activating group) is 1. The molecule has 2 fully saturated rings. The summed E-state index contributed by atoms with van der Waals surface area (Å²) in [5.74, 6) is 1.06. The van der Waals surface area contributed by atoms with Crippen LogP contribution in [0.4, 0.5) is 5.95 Å². The van der Waals surface area contributed by atoms with Crippen molar-refractivity contribution < 1.29 is 4.79 Å². The minimum absolute atomic E-state index is 0.0135. The summed E-state index contributed by atoms with van der Waals surface area (Å²) in [4.78, 5) is 32.5. The zero-order valence-electron chi connectivity index (χ0n) is 15.3. The molecule has 4 heterocycles. The SMILES string of the molecule is Cc1nc(N2CCN(C)CC2)ncc1C(=O)N1CC(c2ccccn2)C1. The number of pyridine rings is 1. The first-order valence-electron chi connectivity index (χ1n) is 9.09. The molecule has 7 nitrogen and oxygen atoms in total. The second-order valence-electron chi connectivity index (χ2n) is 7.12. The molecule has 0 spiro atoms. The quantitative estimate of drug-likeness (QED) is 0.826. The van der Waals surface area contributed by atoms with E-state index in [1.807, 2.05) is 30.0 Å². The Morgan fingerprint density at radius 3 is 2.54 bits per heavy atom. The number of aromatic nitrogens is 3. The molecule has 26 heavy (non-hydrogen) atoms.